The van der Waals surface area contributed by atoms with Gasteiger partial charge in [0, 0.05) is 50.9 Å². The molecular weight excluding hydrogens is 368 g/mol. The molecule has 0 aromatic heterocycles. The van der Waals surface area contributed by atoms with Crippen molar-refractivity contribution in [2.75, 3.05) is 45.2 Å². The number of urea groups is 1. The fourth-order valence-electron chi connectivity index (χ4n) is 4.75. The second-order valence-corrected chi connectivity index (χ2v) is 7.91. The van der Waals surface area contributed by atoms with Crippen LogP contribution in [0.2, 0.25) is 5.02 Å². The number of nitrogens with zero attached hydrogens (tertiary/aromatic N) is 4. The van der Waals surface area contributed by atoms with Crippen LogP contribution in [-0.2, 0) is 16.0 Å². The maximum atomic E-state index is 13.4. The Morgan fingerprint density at radius 1 is 1.11 bits per heavy atom. The molecule has 2 saturated heterocycles. The summed E-state index contributed by atoms with van der Waals surface area (Å²) >= 11 is 6.47. The molecule has 0 N–H and O–H groups in total. The summed E-state index contributed by atoms with van der Waals surface area (Å²) in [6.45, 7) is 5.06. The van der Waals surface area contributed by atoms with Gasteiger partial charge in [0.15, 0.2) is 5.41 Å². The van der Waals surface area contributed by atoms with Crippen LogP contribution in [0.25, 0.3) is 0 Å². The summed E-state index contributed by atoms with van der Waals surface area (Å²) in [6.07, 6.45) is 0.209. The summed E-state index contributed by atoms with van der Waals surface area (Å²) in [4.78, 5) is 45.7. The van der Waals surface area contributed by atoms with E-state index in [4.69, 9.17) is 11.6 Å². The van der Waals surface area contributed by atoms with Gasteiger partial charge in [-0.05, 0) is 24.2 Å². The molecule has 3 aliphatic heterocycles. The molecule has 8 heteroatoms. The van der Waals surface area contributed by atoms with Gasteiger partial charge in [0.2, 0.25) is 11.8 Å². The Morgan fingerprint density at radius 2 is 1.78 bits per heavy atom. The fraction of sp³-hybridized carbons (Fsp3) is 0.526. The number of imide groups is 2. The zero-order valence-electron chi connectivity index (χ0n) is 15.7. The highest BCUT2D eigenvalue weighted by atomic mass is 35.5. The average molecular weight is 391 g/mol. The minimum absolute atomic E-state index is 0.209. The zero-order chi connectivity index (χ0) is 19.5. The van der Waals surface area contributed by atoms with Gasteiger partial charge in [-0.1, -0.05) is 24.6 Å². The SMILES string of the molecule is CCN1CCN2c3cccc(Cl)c3CC3(C(=O)N(C)C(=O)N(C)C3=O)[C@H]2C1. The quantitative estimate of drug-likeness (QED) is 0.679. The highest BCUT2D eigenvalue weighted by molar-refractivity contribution is 6.32. The van der Waals surface area contributed by atoms with Crippen LogP contribution in [0, 0.1) is 5.41 Å². The third-order valence-corrected chi connectivity index (χ3v) is 6.64. The highest BCUT2D eigenvalue weighted by Gasteiger charge is 2.63. The molecule has 144 valence electrons. The smallest absolute Gasteiger partial charge is 0.332 e. The third kappa shape index (κ3) is 2.34. The van der Waals surface area contributed by atoms with E-state index in [-0.39, 0.29) is 12.5 Å². The van der Waals surface area contributed by atoms with Gasteiger partial charge in [-0.15, -0.1) is 0 Å². The Morgan fingerprint density at radius 3 is 2.41 bits per heavy atom. The van der Waals surface area contributed by atoms with Crippen molar-refractivity contribution < 1.29 is 14.4 Å². The molecule has 0 aliphatic carbocycles. The van der Waals surface area contributed by atoms with E-state index < -0.39 is 23.3 Å². The summed E-state index contributed by atoms with van der Waals surface area (Å²) in [5, 5.41) is 0.547. The lowest BCUT2D eigenvalue weighted by atomic mass is 9.67. The van der Waals surface area contributed by atoms with Crippen molar-refractivity contribution in [1.82, 2.24) is 14.7 Å². The van der Waals surface area contributed by atoms with Crippen LogP contribution in [0.3, 0.4) is 0 Å². The van der Waals surface area contributed by atoms with E-state index in [2.05, 4.69) is 16.7 Å². The van der Waals surface area contributed by atoms with Gasteiger partial charge in [-0.25, -0.2) is 4.79 Å². The third-order valence-electron chi connectivity index (χ3n) is 6.29. The molecule has 4 rings (SSSR count). The molecule has 0 radical (unpaired) electrons. The normalized spacial score (nSPS) is 25.1. The van der Waals surface area contributed by atoms with Crippen LogP contribution >= 0.6 is 11.6 Å². The molecule has 0 saturated carbocycles. The number of hydrogen-bond donors (Lipinski definition) is 0. The Hall–Kier alpha value is -2.12. The lowest BCUT2D eigenvalue weighted by Gasteiger charge is -2.56. The Kier molecular flexibility index (Phi) is 4.20. The Bertz CT molecular complexity index is 818. The van der Waals surface area contributed by atoms with Gasteiger partial charge in [0.05, 0.1) is 6.04 Å². The number of carbonyl (C=O) groups is 3. The van der Waals surface area contributed by atoms with Gasteiger partial charge in [0.1, 0.15) is 0 Å². The lowest BCUT2D eigenvalue weighted by Crippen LogP contribution is -2.74. The number of halogens is 1. The van der Waals surface area contributed by atoms with Crippen molar-refractivity contribution in [1.29, 1.82) is 0 Å². The van der Waals surface area contributed by atoms with Gasteiger partial charge < -0.3 is 4.90 Å². The molecule has 3 heterocycles. The summed E-state index contributed by atoms with van der Waals surface area (Å²) in [7, 11) is 2.89. The van der Waals surface area contributed by atoms with E-state index in [1.54, 1.807) is 6.07 Å². The first-order chi connectivity index (χ1) is 12.8. The second-order valence-electron chi connectivity index (χ2n) is 7.50. The molecule has 1 aromatic carbocycles. The van der Waals surface area contributed by atoms with Gasteiger partial charge in [-0.2, -0.15) is 0 Å². The number of likely N-dealkylation sites (N-methyl/N-ethyl adjacent to an activating group) is 1. The monoisotopic (exact) mass is 390 g/mol. The topological polar surface area (TPSA) is 64.2 Å². The molecular formula is C19H23ClN4O3. The maximum Gasteiger partial charge on any atom is 0.332 e. The first kappa shape index (κ1) is 18.3. The molecule has 2 fully saturated rings. The van der Waals surface area contributed by atoms with Crippen LogP contribution < -0.4 is 4.90 Å². The molecule has 1 spiro atoms. The van der Waals surface area contributed by atoms with Crippen LogP contribution in [0.4, 0.5) is 10.5 Å². The number of anilines is 1. The van der Waals surface area contributed by atoms with Crippen molar-refractivity contribution >= 4 is 35.1 Å². The first-order valence-electron chi connectivity index (χ1n) is 9.19. The Balaban J connectivity index is 1.93. The van der Waals surface area contributed by atoms with Gasteiger partial charge in [-0.3, -0.25) is 24.3 Å². The molecule has 0 unspecified atom stereocenters. The number of fused-ring (bicyclic) bond motifs is 4. The van der Waals surface area contributed by atoms with Crippen LogP contribution in [-0.4, -0.2) is 78.9 Å². The predicted molar refractivity (Wildman–Crippen MR) is 102 cm³/mol. The van der Waals surface area contributed by atoms with E-state index in [0.29, 0.717) is 18.1 Å². The van der Waals surface area contributed by atoms with Crippen LogP contribution in [0.15, 0.2) is 18.2 Å². The van der Waals surface area contributed by atoms with Gasteiger partial charge >= 0.3 is 6.03 Å². The molecule has 0 bridgehead atoms. The van der Waals surface area contributed by atoms with Crippen LogP contribution in [0.1, 0.15) is 12.5 Å². The summed E-state index contributed by atoms with van der Waals surface area (Å²) < 4.78 is 0. The van der Waals surface area contributed by atoms with E-state index in [9.17, 15) is 14.4 Å². The number of benzene rings is 1. The van der Waals surface area contributed by atoms with E-state index in [1.807, 2.05) is 12.1 Å². The minimum atomic E-state index is -1.34. The zero-order valence-corrected chi connectivity index (χ0v) is 16.5. The summed E-state index contributed by atoms with van der Waals surface area (Å²) in [6, 6.07) is 4.76. The highest BCUT2D eigenvalue weighted by Crippen LogP contribution is 2.48. The predicted octanol–water partition coefficient (Wildman–Crippen LogP) is 1.44. The maximum absolute atomic E-state index is 13.4. The first-order valence-corrected chi connectivity index (χ1v) is 9.57. The standard InChI is InChI=1S/C19H23ClN4O3/c1-4-23-8-9-24-14-7-5-6-13(20)12(14)10-19(15(24)11-23)16(25)21(2)18(27)22(3)17(19)26/h5-7,15H,4,8-11H2,1-3H3/t15-/m1/s1. The average Bonchev–Trinajstić information content (AvgIpc) is 2.69. The molecule has 1 aromatic rings. The fourth-order valence-corrected chi connectivity index (χ4v) is 4.99. The minimum Gasteiger partial charge on any atom is -0.364 e. The molecule has 4 amide bonds. The van der Waals surface area contributed by atoms with Crippen molar-refractivity contribution in [2.24, 2.45) is 5.41 Å². The van der Waals surface area contributed by atoms with E-state index in [1.165, 1.54) is 14.1 Å². The number of piperazine rings is 1. The van der Waals surface area contributed by atoms with Crippen molar-refractivity contribution in [3.63, 3.8) is 0 Å². The van der Waals surface area contributed by atoms with E-state index >= 15 is 0 Å². The lowest BCUT2D eigenvalue weighted by molar-refractivity contribution is -0.160. The van der Waals surface area contributed by atoms with Crippen molar-refractivity contribution in [3.8, 4) is 0 Å². The van der Waals surface area contributed by atoms with Gasteiger partial charge in [0.25, 0.3) is 0 Å². The van der Waals surface area contributed by atoms with Crippen molar-refractivity contribution in [2.45, 2.75) is 19.4 Å². The number of hydrogen-bond acceptors (Lipinski definition) is 5. The molecule has 7 nitrogen and oxygen atoms in total. The van der Waals surface area contributed by atoms with E-state index in [0.717, 1.165) is 34.1 Å². The summed E-state index contributed by atoms with van der Waals surface area (Å²) in [5.74, 6) is -0.872. The number of amides is 4. The molecule has 3 aliphatic rings. The summed E-state index contributed by atoms with van der Waals surface area (Å²) in [5.41, 5.74) is 0.443. The Labute approximate surface area is 163 Å². The number of carbonyl (C=O) groups excluding carboxylic acids is 3. The van der Waals surface area contributed by atoms with Crippen molar-refractivity contribution in [3.05, 3.63) is 28.8 Å². The molecule has 1 atom stereocenters. The number of rotatable bonds is 1. The molecule has 27 heavy (non-hydrogen) atoms. The largest absolute Gasteiger partial charge is 0.364 e. The second kappa shape index (κ2) is 6.21. The number of barbiturate groups is 1. The van der Waals surface area contributed by atoms with Crippen LogP contribution in [0.5, 0.6) is 0 Å².